The zero-order valence-corrected chi connectivity index (χ0v) is 19.4. The largest absolute Gasteiger partial charge is 0.358 e. The molecule has 2 aromatic carbocycles. The highest BCUT2D eigenvalue weighted by Gasteiger charge is 2.19. The van der Waals surface area contributed by atoms with E-state index in [2.05, 4.69) is 25.9 Å². The Labute approximate surface area is 202 Å². The van der Waals surface area contributed by atoms with E-state index in [0.717, 1.165) is 16.0 Å². The number of halogens is 1. The van der Waals surface area contributed by atoms with Crippen LogP contribution in [-0.4, -0.2) is 28.5 Å². The minimum Gasteiger partial charge on any atom is -0.358 e. The summed E-state index contributed by atoms with van der Waals surface area (Å²) in [5, 5.41) is 11.5. The van der Waals surface area contributed by atoms with E-state index >= 15 is 0 Å². The van der Waals surface area contributed by atoms with Gasteiger partial charge in [0.25, 0.3) is 0 Å². The monoisotopic (exact) mass is 475 g/mol. The Morgan fingerprint density at radius 2 is 1.79 bits per heavy atom. The number of nitrogens with one attached hydrogen (secondary N) is 3. The smallest absolute Gasteiger partial charge is 0.243 e. The molecule has 0 spiro atoms. The van der Waals surface area contributed by atoms with Crippen molar-refractivity contribution in [2.24, 2.45) is 0 Å². The van der Waals surface area contributed by atoms with Crippen LogP contribution >= 0.6 is 11.3 Å². The van der Waals surface area contributed by atoms with Crippen LogP contribution in [0.3, 0.4) is 0 Å². The Kier molecular flexibility index (Phi) is 8.18. The van der Waals surface area contributed by atoms with Gasteiger partial charge in [-0.05, 0) is 47.2 Å². The second-order valence-corrected chi connectivity index (χ2v) is 8.78. The van der Waals surface area contributed by atoms with Crippen molar-refractivity contribution in [3.05, 3.63) is 106 Å². The average molecular weight is 476 g/mol. The minimum atomic E-state index is -0.496. The van der Waals surface area contributed by atoms with Gasteiger partial charge in [0.15, 0.2) is 0 Å². The molecule has 4 aromatic rings. The van der Waals surface area contributed by atoms with Gasteiger partial charge in [0.1, 0.15) is 17.7 Å². The maximum Gasteiger partial charge on any atom is 0.243 e. The van der Waals surface area contributed by atoms with E-state index in [1.807, 2.05) is 47.8 Å². The number of carbonyl (C=O) groups is 1. The first-order valence-corrected chi connectivity index (χ1v) is 12.0. The van der Waals surface area contributed by atoms with Crippen LogP contribution in [0.2, 0.25) is 0 Å². The molecule has 0 radical (unpaired) electrons. The van der Waals surface area contributed by atoms with Crippen LogP contribution < -0.4 is 16.0 Å². The predicted molar refractivity (Wildman–Crippen MR) is 134 cm³/mol. The van der Waals surface area contributed by atoms with Crippen LogP contribution in [0.15, 0.2) is 84.4 Å². The lowest BCUT2D eigenvalue weighted by atomic mass is 10.1. The maximum atomic E-state index is 13.1. The second-order valence-electron chi connectivity index (χ2n) is 7.75. The van der Waals surface area contributed by atoms with Crippen molar-refractivity contribution in [2.75, 3.05) is 17.2 Å². The van der Waals surface area contributed by atoms with E-state index in [4.69, 9.17) is 0 Å². The first-order valence-electron chi connectivity index (χ1n) is 11.1. The third-order valence-corrected chi connectivity index (χ3v) is 6.08. The molecule has 0 bridgehead atoms. The number of amides is 1. The quantitative estimate of drug-likeness (QED) is 0.294. The van der Waals surface area contributed by atoms with Crippen molar-refractivity contribution < 1.29 is 9.18 Å². The Morgan fingerprint density at radius 3 is 2.56 bits per heavy atom. The molecule has 0 aliphatic rings. The molecule has 4 rings (SSSR count). The summed E-state index contributed by atoms with van der Waals surface area (Å²) in [6.07, 6.45) is 2.89. The summed E-state index contributed by atoms with van der Waals surface area (Å²) >= 11 is 1.61. The molecule has 0 aliphatic carbocycles. The summed E-state index contributed by atoms with van der Waals surface area (Å²) in [7, 11) is 0. The normalized spacial score (nSPS) is 11.6. The third-order valence-electron chi connectivity index (χ3n) is 5.20. The van der Waals surface area contributed by atoms with Crippen molar-refractivity contribution in [3.8, 4) is 0 Å². The summed E-state index contributed by atoms with van der Waals surface area (Å²) < 4.78 is 13.1. The molecule has 2 heterocycles. The van der Waals surface area contributed by atoms with E-state index in [0.29, 0.717) is 37.7 Å². The fourth-order valence-electron chi connectivity index (χ4n) is 3.44. The molecule has 0 fully saturated rings. The second kappa shape index (κ2) is 11.9. The van der Waals surface area contributed by atoms with Crippen molar-refractivity contribution in [2.45, 2.75) is 25.4 Å². The van der Waals surface area contributed by atoms with E-state index < -0.39 is 6.04 Å². The maximum absolute atomic E-state index is 13.1. The Bertz CT molecular complexity index is 1170. The molecule has 0 saturated heterocycles. The van der Waals surface area contributed by atoms with E-state index in [1.165, 1.54) is 12.1 Å². The van der Waals surface area contributed by atoms with Gasteiger partial charge >= 0.3 is 0 Å². The zero-order valence-electron chi connectivity index (χ0n) is 18.6. The molecule has 1 atom stereocenters. The van der Waals surface area contributed by atoms with Crippen LogP contribution in [0.5, 0.6) is 0 Å². The lowest BCUT2D eigenvalue weighted by Gasteiger charge is -2.19. The average Bonchev–Trinajstić information content (AvgIpc) is 3.38. The summed E-state index contributed by atoms with van der Waals surface area (Å²) in [5.74, 6) is 0.682. The topological polar surface area (TPSA) is 78.9 Å². The van der Waals surface area contributed by atoms with Crippen LogP contribution in [0, 0.1) is 5.82 Å². The fraction of sp³-hybridized carbons (Fsp3) is 0.192. The molecular formula is C26H26FN5OS. The van der Waals surface area contributed by atoms with Crippen molar-refractivity contribution >= 4 is 29.0 Å². The van der Waals surface area contributed by atoms with E-state index in [1.54, 1.807) is 35.7 Å². The lowest BCUT2D eigenvalue weighted by Crippen LogP contribution is -2.41. The van der Waals surface area contributed by atoms with Gasteiger partial charge in [0, 0.05) is 24.0 Å². The molecule has 8 heteroatoms. The van der Waals surface area contributed by atoms with Crippen LogP contribution in [0.25, 0.3) is 0 Å². The number of thiophene rings is 1. The SMILES string of the molecule is O=C(NCc1cccs1)[C@H](Cc1ccccc1)Nc1ccnc(NCCc2ccc(F)cc2)n1. The minimum absolute atomic E-state index is 0.0957. The number of benzene rings is 2. The molecule has 3 N–H and O–H groups in total. The number of carbonyl (C=O) groups excluding carboxylic acids is 1. The van der Waals surface area contributed by atoms with Gasteiger partial charge in [-0.25, -0.2) is 9.37 Å². The summed E-state index contributed by atoms with van der Waals surface area (Å²) in [6, 6.07) is 21.5. The Hall–Kier alpha value is -3.78. The van der Waals surface area contributed by atoms with Gasteiger partial charge < -0.3 is 16.0 Å². The van der Waals surface area contributed by atoms with Crippen molar-refractivity contribution in [1.82, 2.24) is 15.3 Å². The number of hydrogen-bond donors (Lipinski definition) is 3. The van der Waals surface area contributed by atoms with E-state index in [9.17, 15) is 9.18 Å². The van der Waals surface area contributed by atoms with Crippen LogP contribution in [0.4, 0.5) is 16.2 Å². The highest BCUT2D eigenvalue weighted by Crippen LogP contribution is 2.13. The van der Waals surface area contributed by atoms with Gasteiger partial charge in [-0.1, -0.05) is 48.5 Å². The molecule has 174 valence electrons. The summed E-state index contributed by atoms with van der Waals surface area (Å²) in [4.78, 5) is 22.9. The number of nitrogens with zero attached hydrogens (tertiary/aromatic N) is 2. The fourth-order valence-corrected chi connectivity index (χ4v) is 4.09. The van der Waals surface area contributed by atoms with Gasteiger partial charge in [-0.3, -0.25) is 4.79 Å². The lowest BCUT2D eigenvalue weighted by molar-refractivity contribution is -0.122. The third kappa shape index (κ3) is 7.11. The molecule has 34 heavy (non-hydrogen) atoms. The first kappa shape index (κ1) is 23.4. The number of aromatic nitrogens is 2. The summed E-state index contributed by atoms with van der Waals surface area (Å²) in [6.45, 7) is 1.09. The molecule has 2 aromatic heterocycles. The Morgan fingerprint density at radius 1 is 0.971 bits per heavy atom. The summed E-state index contributed by atoms with van der Waals surface area (Å²) in [5.41, 5.74) is 2.08. The van der Waals surface area contributed by atoms with Crippen LogP contribution in [0.1, 0.15) is 16.0 Å². The molecule has 6 nitrogen and oxygen atoms in total. The number of hydrogen-bond acceptors (Lipinski definition) is 6. The van der Waals surface area contributed by atoms with Crippen LogP contribution in [-0.2, 0) is 24.2 Å². The number of rotatable bonds is 11. The van der Waals surface area contributed by atoms with Gasteiger partial charge in [-0.2, -0.15) is 4.98 Å². The number of anilines is 2. The molecule has 0 aliphatic heterocycles. The molecule has 0 unspecified atom stereocenters. The Balaban J connectivity index is 1.39. The molecule has 1 amide bonds. The van der Waals surface area contributed by atoms with Gasteiger partial charge in [-0.15, -0.1) is 11.3 Å². The standard InChI is InChI=1S/C26H26FN5OS/c27-21-10-8-19(9-11-21)12-14-28-26-29-15-13-24(32-26)31-23(17-20-5-2-1-3-6-20)25(33)30-18-22-7-4-16-34-22/h1-11,13,15-16,23H,12,14,17-18H2,(H,30,33)(H2,28,29,31,32)/t23-/m0/s1. The predicted octanol–water partition coefficient (Wildman–Crippen LogP) is 4.67. The first-order chi connectivity index (χ1) is 16.7. The van der Waals surface area contributed by atoms with E-state index in [-0.39, 0.29) is 11.7 Å². The van der Waals surface area contributed by atoms with Crippen molar-refractivity contribution in [3.63, 3.8) is 0 Å². The zero-order chi connectivity index (χ0) is 23.6. The molecular weight excluding hydrogens is 449 g/mol. The molecule has 0 saturated carbocycles. The van der Waals surface area contributed by atoms with Gasteiger partial charge in [0.2, 0.25) is 11.9 Å². The highest BCUT2D eigenvalue weighted by molar-refractivity contribution is 7.09. The van der Waals surface area contributed by atoms with Gasteiger partial charge in [0.05, 0.1) is 6.54 Å². The highest BCUT2D eigenvalue weighted by atomic mass is 32.1. The van der Waals surface area contributed by atoms with Crippen molar-refractivity contribution in [1.29, 1.82) is 0 Å².